The molecular weight excluding hydrogens is 435 g/mol. The van der Waals surface area contributed by atoms with Crippen LogP contribution in [0.4, 0.5) is 19.0 Å². The number of nitrogens with zero attached hydrogens (tertiary/aromatic N) is 4. The standard InChI is InChI=1S/C23H28F3N5O2/c1-22(2,3)21(33)30-11-9-29(10-12-30)20(32)16-14-27-31-18(23(24,25)26)13-17(28-19(16)31)15-7-5-4-6-8-15/h4-8,14,17-18,28H,9-13H2,1-3H3/t17-,18+/m0/s1. The highest BCUT2D eigenvalue weighted by atomic mass is 19.4. The number of nitrogens with one attached hydrogen (secondary N) is 1. The van der Waals surface area contributed by atoms with Crippen LogP contribution in [0.2, 0.25) is 0 Å². The van der Waals surface area contributed by atoms with E-state index in [0.717, 1.165) is 4.68 Å². The van der Waals surface area contributed by atoms with Gasteiger partial charge in [0, 0.05) is 38.0 Å². The number of carbonyl (C=O) groups is 2. The van der Waals surface area contributed by atoms with Gasteiger partial charge in [0.15, 0.2) is 6.04 Å². The molecule has 4 rings (SSSR count). The van der Waals surface area contributed by atoms with E-state index in [0.29, 0.717) is 31.7 Å². The van der Waals surface area contributed by atoms with Crippen molar-refractivity contribution in [3.63, 3.8) is 0 Å². The number of benzene rings is 1. The van der Waals surface area contributed by atoms with Crippen LogP contribution in [0.1, 0.15) is 55.2 Å². The molecule has 0 unspecified atom stereocenters. The third-order valence-corrected chi connectivity index (χ3v) is 6.17. The summed E-state index contributed by atoms with van der Waals surface area (Å²) in [5.41, 5.74) is 0.313. The van der Waals surface area contributed by atoms with Crippen molar-refractivity contribution >= 4 is 17.6 Å². The number of alkyl halides is 3. The van der Waals surface area contributed by atoms with Crippen LogP contribution < -0.4 is 5.32 Å². The Bertz CT molecular complexity index is 1020. The van der Waals surface area contributed by atoms with E-state index in [1.165, 1.54) is 6.20 Å². The molecule has 2 atom stereocenters. The van der Waals surface area contributed by atoms with Gasteiger partial charge >= 0.3 is 6.18 Å². The Hall–Kier alpha value is -3.04. The van der Waals surface area contributed by atoms with Gasteiger partial charge in [0.1, 0.15) is 11.4 Å². The number of hydrogen-bond acceptors (Lipinski definition) is 4. The van der Waals surface area contributed by atoms with Gasteiger partial charge in [-0.25, -0.2) is 4.68 Å². The second kappa shape index (κ2) is 8.39. The molecule has 0 saturated carbocycles. The number of hydrogen-bond donors (Lipinski definition) is 1. The summed E-state index contributed by atoms with van der Waals surface area (Å²) in [6, 6.07) is 6.45. The molecule has 0 bridgehead atoms. The molecule has 2 aliphatic rings. The predicted molar refractivity (Wildman–Crippen MR) is 117 cm³/mol. The lowest BCUT2D eigenvalue weighted by molar-refractivity contribution is -0.173. The summed E-state index contributed by atoms with van der Waals surface area (Å²) >= 11 is 0. The van der Waals surface area contributed by atoms with Crippen molar-refractivity contribution in [2.24, 2.45) is 5.41 Å². The van der Waals surface area contributed by atoms with Gasteiger partial charge in [0.05, 0.1) is 12.2 Å². The number of rotatable bonds is 2. The van der Waals surface area contributed by atoms with Crippen LogP contribution in [0, 0.1) is 5.41 Å². The third-order valence-electron chi connectivity index (χ3n) is 6.17. The molecule has 2 aliphatic heterocycles. The van der Waals surface area contributed by atoms with Crippen molar-refractivity contribution in [2.45, 2.75) is 45.5 Å². The summed E-state index contributed by atoms with van der Waals surface area (Å²) in [4.78, 5) is 29.1. The minimum absolute atomic E-state index is 0.0119. The van der Waals surface area contributed by atoms with E-state index in [-0.39, 0.29) is 29.6 Å². The summed E-state index contributed by atoms with van der Waals surface area (Å²) in [7, 11) is 0. The molecule has 33 heavy (non-hydrogen) atoms. The molecule has 1 N–H and O–H groups in total. The molecule has 1 fully saturated rings. The predicted octanol–water partition coefficient (Wildman–Crippen LogP) is 3.87. The second-order valence-electron chi connectivity index (χ2n) is 9.59. The van der Waals surface area contributed by atoms with Crippen molar-refractivity contribution in [2.75, 3.05) is 31.5 Å². The molecule has 0 spiro atoms. The van der Waals surface area contributed by atoms with Crippen LogP contribution in [0.5, 0.6) is 0 Å². The highest BCUT2D eigenvalue weighted by molar-refractivity contribution is 5.99. The highest BCUT2D eigenvalue weighted by Crippen LogP contribution is 2.44. The smallest absolute Gasteiger partial charge is 0.363 e. The summed E-state index contributed by atoms with van der Waals surface area (Å²) < 4.78 is 42.5. The van der Waals surface area contributed by atoms with E-state index in [1.807, 2.05) is 20.8 Å². The van der Waals surface area contributed by atoms with E-state index in [9.17, 15) is 22.8 Å². The fourth-order valence-electron chi connectivity index (χ4n) is 4.38. The summed E-state index contributed by atoms with van der Waals surface area (Å²) in [6.07, 6.45) is -3.51. The van der Waals surface area contributed by atoms with Gasteiger partial charge in [-0.05, 0) is 5.56 Å². The van der Waals surface area contributed by atoms with Gasteiger partial charge in [-0.2, -0.15) is 18.3 Å². The van der Waals surface area contributed by atoms with Crippen molar-refractivity contribution in [1.82, 2.24) is 19.6 Å². The molecule has 0 aliphatic carbocycles. The van der Waals surface area contributed by atoms with Crippen LogP contribution in [0.3, 0.4) is 0 Å². The maximum Gasteiger partial charge on any atom is 0.410 e. The Kier molecular flexibility index (Phi) is 5.88. The summed E-state index contributed by atoms with van der Waals surface area (Å²) in [5.74, 6) is -0.297. The van der Waals surface area contributed by atoms with E-state index >= 15 is 0 Å². The van der Waals surface area contributed by atoms with E-state index < -0.39 is 23.7 Å². The second-order valence-corrected chi connectivity index (χ2v) is 9.59. The van der Waals surface area contributed by atoms with Crippen LogP contribution in [-0.4, -0.2) is 63.7 Å². The van der Waals surface area contributed by atoms with Gasteiger partial charge in [0.25, 0.3) is 5.91 Å². The first-order chi connectivity index (χ1) is 15.5. The van der Waals surface area contributed by atoms with Crippen LogP contribution in [0.25, 0.3) is 0 Å². The van der Waals surface area contributed by atoms with Gasteiger partial charge in [-0.15, -0.1) is 0 Å². The summed E-state index contributed by atoms with van der Waals surface area (Å²) in [6.45, 7) is 6.94. The first kappa shape index (κ1) is 23.1. The number of carbonyl (C=O) groups excluding carboxylic acids is 2. The fourth-order valence-corrected chi connectivity index (χ4v) is 4.38. The van der Waals surface area contributed by atoms with E-state index in [4.69, 9.17) is 0 Å². The van der Waals surface area contributed by atoms with Gasteiger partial charge in [0.2, 0.25) is 5.91 Å². The fraction of sp³-hybridized carbons (Fsp3) is 0.522. The Morgan fingerprint density at radius 2 is 1.61 bits per heavy atom. The normalized spacial score (nSPS) is 21.4. The quantitative estimate of drug-likeness (QED) is 0.734. The number of piperazine rings is 1. The number of fused-ring (bicyclic) bond motifs is 1. The Labute approximate surface area is 190 Å². The number of halogens is 3. The molecule has 0 radical (unpaired) electrons. The van der Waals surface area contributed by atoms with Crippen LogP contribution in [0.15, 0.2) is 36.5 Å². The molecule has 178 valence electrons. The average Bonchev–Trinajstić information content (AvgIpc) is 3.20. The zero-order chi connectivity index (χ0) is 24.0. The third kappa shape index (κ3) is 4.56. The summed E-state index contributed by atoms with van der Waals surface area (Å²) in [5, 5.41) is 7.07. The lowest BCUT2D eigenvalue weighted by atomic mass is 9.94. The molecule has 2 aromatic rings. The van der Waals surface area contributed by atoms with Crippen molar-refractivity contribution in [3.05, 3.63) is 47.7 Å². The van der Waals surface area contributed by atoms with Crippen LogP contribution >= 0.6 is 0 Å². The Morgan fingerprint density at radius 3 is 2.18 bits per heavy atom. The maximum absolute atomic E-state index is 13.9. The van der Waals surface area contributed by atoms with Crippen molar-refractivity contribution in [3.8, 4) is 0 Å². The Balaban J connectivity index is 1.57. The molecule has 10 heteroatoms. The van der Waals surface area contributed by atoms with Crippen molar-refractivity contribution in [1.29, 1.82) is 0 Å². The average molecular weight is 464 g/mol. The first-order valence-corrected chi connectivity index (χ1v) is 11.0. The zero-order valence-electron chi connectivity index (χ0n) is 18.9. The number of anilines is 1. The zero-order valence-corrected chi connectivity index (χ0v) is 18.9. The minimum atomic E-state index is -4.50. The van der Waals surface area contributed by atoms with E-state index in [2.05, 4.69) is 10.4 Å². The van der Waals surface area contributed by atoms with Gasteiger partial charge < -0.3 is 15.1 Å². The molecule has 3 heterocycles. The topological polar surface area (TPSA) is 70.5 Å². The largest absolute Gasteiger partial charge is 0.410 e. The maximum atomic E-state index is 13.9. The van der Waals surface area contributed by atoms with Gasteiger partial charge in [-0.3, -0.25) is 9.59 Å². The molecular formula is C23H28F3N5O2. The molecule has 7 nitrogen and oxygen atoms in total. The van der Waals surface area contributed by atoms with Crippen molar-refractivity contribution < 1.29 is 22.8 Å². The SMILES string of the molecule is CC(C)(C)C(=O)N1CCN(C(=O)c2cnn3c2N[C@H](c2ccccc2)C[C@@H]3C(F)(F)F)CC1. The highest BCUT2D eigenvalue weighted by Gasteiger charge is 2.47. The molecule has 2 amide bonds. The Morgan fingerprint density at radius 1 is 1.00 bits per heavy atom. The minimum Gasteiger partial charge on any atom is -0.363 e. The monoisotopic (exact) mass is 463 g/mol. The van der Waals surface area contributed by atoms with Gasteiger partial charge in [-0.1, -0.05) is 51.1 Å². The number of amides is 2. The molecule has 1 aromatic heterocycles. The molecule has 1 aromatic carbocycles. The molecule has 1 saturated heterocycles. The first-order valence-electron chi connectivity index (χ1n) is 11.0. The van der Waals surface area contributed by atoms with Crippen LogP contribution in [-0.2, 0) is 4.79 Å². The lowest BCUT2D eigenvalue weighted by Crippen LogP contribution is -2.53. The number of aromatic nitrogens is 2. The lowest BCUT2D eigenvalue weighted by Gasteiger charge is -2.38. The van der Waals surface area contributed by atoms with E-state index in [1.54, 1.807) is 40.1 Å².